The van der Waals surface area contributed by atoms with Crippen molar-refractivity contribution in [2.45, 2.75) is 32.7 Å². The number of anilines is 2. The van der Waals surface area contributed by atoms with Crippen LogP contribution in [0.15, 0.2) is 24.3 Å². The van der Waals surface area contributed by atoms with E-state index in [1.165, 1.54) is 0 Å². The Hall–Kier alpha value is -3.16. The molecule has 4 rings (SSSR count). The first-order valence-electron chi connectivity index (χ1n) is 10.0. The number of amides is 3. The quantitative estimate of drug-likeness (QED) is 0.835. The highest BCUT2D eigenvalue weighted by molar-refractivity contribution is 5.95. The summed E-state index contributed by atoms with van der Waals surface area (Å²) in [5.41, 5.74) is 3.80. The molecule has 1 saturated heterocycles. The molecule has 1 aromatic heterocycles. The molecular weight excluding hydrogens is 368 g/mol. The Morgan fingerprint density at radius 2 is 1.79 bits per heavy atom. The van der Waals surface area contributed by atoms with Gasteiger partial charge in [0.05, 0.1) is 12.2 Å². The van der Waals surface area contributed by atoms with Gasteiger partial charge in [-0.25, -0.2) is 14.8 Å². The SMILES string of the molecule is CNc1nc2c(c(C(=O)N3CCCC3)n1)CN(C(=O)Nc1ccccc1C)CC2. The largest absolute Gasteiger partial charge is 0.357 e. The average Bonchev–Trinajstić information content (AvgIpc) is 3.28. The lowest BCUT2D eigenvalue weighted by atomic mass is 10.0. The molecule has 1 fully saturated rings. The van der Waals surface area contributed by atoms with E-state index >= 15 is 0 Å². The summed E-state index contributed by atoms with van der Waals surface area (Å²) in [4.78, 5) is 38.5. The molecule has 0 spiro atoms. The molecule has 0 saturated carbocycles. The number of nitrogens with one attached hydrogen (secondary N) is 2. The first-order chi connectivity index (χ1) is 14.1. The van der Waals surface area contributed by atoms with Crippen LogP contribution in [0.1, 0.15) is 40.2 Å². The summed E-state index contributed by atoms with van der Waals surface area (Å²) < 4.78 is 0. The lowest BCUT2D eigenvalue weighted by molar-refractivity contribution is 0.0783. The number of aromatic nitrogens is 2. The molecule has 1 aromatic carbocycles. The Labute approximate surface area is 170 Å². The number of carbonyl (C=O) groups excluding carboxylic acids is 2. The summed E-state index contributed by atoms with van der Waals surface area (Å²) >= 11 is 0. The number of likely N-dealkylation sites (tertiary alicyclic amines) is 1. The van der Waals surface area contributed by atoms with Crippen LogP contribution in [0, 0.1) is 6.92 Å². The van der Waals surface area contributed by atoms with Gasteiger partial charge in [-0.2, -0.15) is 0 Å². The minimum atomic E-state index is -0.179. The third-order valence-corrected chi connectivity index (χ3v) is 5.55. The average molecular weight is 394 g/mol. The van der Waals surface area contributed by atoms with Gasteiger partial charge in [0.1, 0.15) is 5.69 Å². The van der Waals surface area contributed by atoms with Gasteiger partial charge in [-0.1, -0.05) is 18.2 Å². The van der Waals surface area contributed by atoms with Crippen molar-refractivity contribution in [3.8, 4) is 0 Å². The van der Waals surface area contributed by atoms with E-state index in [1.807, 2.05) is 36.1 Å². The smallest absolute Gasteiger partial charge is 0.322 e. The number of hydrogen-bond acceptors (Lipinski definition) is 5. The molecule has 8 nitrogen and oxygen atoms in total. The van der Waals surface area contributed by atoms with Crippen molar-refractivity contribution in [1.29, 1.82) is 0 Å². The molecular formula is C21H26N6O2. The molecule has 2 aliphatic heterocycles. The van der Waals surface area contributed by atoms with E-state index in [0.29, 0.717) is 31.2 Å². The van der Waals surface area contributed by atoms with Crippen LogP contribution in [0.4, 0.5) is 16.4 Å². The summed E-state index contributed by atoms with van der Waals surface area (Å²) in [7, 11) is 1.75. The van der Waals surface area contributed by atoms with Gasteiger partial charge in [0.15, 0.2) is 0 Å². The summed E-state index contributed by atoms with van der Waals surface area (Å²) in [5.74, 6) is 0.378. The molecule has 2 aromatic rings. The molecule has 152 valence electrons. The molecule has 3 heterocycles. The van der Waals surface area contributed by atoms with E-state index in [9.17, 15) is 9.59 Å². The maximum atomic E-state index is 13.1. The normalized spacial score (nSPS) is 15.8. The maximum Gasteiger partial charge on any atom is 0.322 e. The summed E-state index contributed by atoms with van der Waals surface area (Å²) in [5, 5.41) is 5.93. The zero-order valence-corrected chi connectivity index (χ0v) is 16.9. The van der Waals surface area contributed by atoms with Crippen LogP contribution in [0.2, 0.25) is 0 Å². The van der Waals surface area contributed by atoms with E-state index in [0.717, 1.165) is 48.4 Å². The fraction of sp³-hybridized carbons (Fsp3) is 0.429. The zero-order valence-electron chi connectivity index (χ0n) is 16.9. The molecule has 0 aliphatic carbocycles. The lowest BCUT2D eigenvalue weighted by Crippen LogP contribution is -2.41. The molecule has 0 bridgehead atoms. The Morgan fingerprint density at radius 3 is 2.52 bits per heavy atom. The zero-order chi connectivity index (χ0) is 20.4. The number of benzene rings is 1. The highest BCUT2D eigenvalue weighted by atomic mass is 16.2. The number of aryl methyl sites for hydroxylation is 1. The van der Waals surface area contributed by atoms with Crippen LogP contribution in [0.25, 0.3) is 0 Å². The van der Waals surface area contributed by atoms with E-state index in [2.05, 4.69) is 20.6 Å². The second-order valence-corrected chi connectivity index (χ2v) is 7.49. The highest BCUT2D eigenvalue weighted by Crippen LogP contribution is 2.25. The van der Waals surface area contributed by atoms with Crippen LogP contribution in [0.3, 0.4) is 0 Å². The first kappa shape index (κ1) is 19.2. The molecule has 3 amide bonds. The third kappa shape index (κ3) is 3.87. The topological polar surface area (TPSA) is 90.5 Å². The second kappa shape index (κ2) is 8.06. The van der Waals surface area contributed by atoms with Gasteiger partial charge in [0.2, 0.25) is 5.95 Å². The fourth-order valence-electron chi connectivity index (χ4n) is 3.85. The number of para-hydroxylation sites is 1. The molecule has 0 atom stereocenters. The third-order valence-electron chi connectivity index (χ3n) is 5.55. The Bertz CT molecular complexity index is 939. The van der Waals surface area contributed by atoms with E-state index in [1.54, 1.807) is 11.9 Å². The number of nitrogens with zero attached hydrogens (tertiary/aromatic N) is 4. The van der Waals surface area contributed by atoms with Gasteiger partial charge in [-0.15, -0.1) is 0 Å². The molecule has 2 N–H and O–H groups in total. The van der Waals surface area contributed by atoms with Gasteiger partial charge in [0, 0.05) is 44.4 Å². The van der Waals surface area contributed by atoms with E-state index in [4.69, 9.17) is 0 Å². The van der Waals surface area contributed by atoms with Crippen molar-refractivity contribution in [2.24, 2.45) is 0 Å². The highest BCUT2D eigenvalue weighted by Gasteiger charge is 2.30. The summed E-state index contributed by atoms with van der Waals surface area (Å²) in [6.45, 7) is 4.34. The maximum absolute atomic E-state index is 13.1. The number of carbonyl (C=O) groups is 2. The van der Waals surface area contributed by atoms with Crippen molar-refractivity contribution in [3.63, 3.8) is 0 Å². The van der Waals surface area contributed by atoms with Gasteiger partial charge in [-0.05, 0) is 31.4 Å². The molecule has 29 heavy (non-hydrogen) atoms. The summed E-state index contributed by atoms with van der Waals surface area (Å²) in [6.07, 6.45) is 2.62. The van der Waals surface area contributed by atoms with Crippen LogP contribution >= 0.6 is 0 Å². The number of hydrogen-bond donors (Lipinski definition) is 2. The van der Waals surface area contributed by atoms with Crippen LogP contribution in [-0.2, 0) is 13.0 Å². The Balaban J connectivity index is 1.59. The van der Waals surface area contributed by atoms with E-state index in [-0.39, 0.29) is 11.9 Å². The van der Waals surface area contributed by atoms with Gasteiger partial charge < -0.3 is 20.4 Å². The van der Waals surface area contributed by atoms with Crippen LogP contribution < -0.4 is 10.6 Å². The molecule has 8 heteroatoms. The fourth-order valence-corrected chi connectivity index (χ4v) is 3.85. The van der Waals surface area contributed by atoms with Crippen molar-refractivity contribution in [3.05, 3.63) is 46.8 Å². The minimum Gasteiger partial charge on any atom is -0.357 e. The lowest BCUT2D eigenvalue weighted by Gasteiger charge is -2.30. The molecule has 2 aliphatic rings. The van der Waals surface area contributed by atoms with Crippen molar-refractivity contribution in [1.82, 2.24) is 19.8 Å². The van der Waals surface area contributed by atoms with Gasteiger partial charge in [0.25, 0.3) is 5.91 Å². The minimum absolute atomic E-state index is 0.0705. The van der Waals surface area contributed by atoms with Crippen molar-refractivity contribution in [2.75, 3.05) is 37.3 Å². The van der Waals surface area contributed by atoms with Gasteiger partial charge >= 0.3 is 6.03 Å². The van der Waals surface area contributed by atoms with Crippen LogP contribution in [-0.4, -0.2) is 58.4 Å². The second-order valence-electron chi connectivity index (χ2n) is 7.49. The number of urea groups is 1. The van der Waals surface area contributed by atoms with Crippen molar-refractivity contribution >= 4 is 23.6 Å². The standard InChI is InChI=1S/C21H26N6O2/c1-14-7-3-4-8-16(14)24-21(29)27-12-9-17-15(13-27)18(25-20(22-2)23-17)19(28)26-10-5-6-11-26/h3-4,7-8H,5-6,9-13H2,1-2H3,(H,24,29)(H,22,23,25). The summed E-state index contributed by atoms with van der Waals surface area (Å²) in [6, 6.07) is 7.50. The Morgan fingerprint density at radius 1 is 1.03 bits per heavy atom. The number of rotatable bonds is 3. The molecule has 0 radical (unpaired) electrons. The first-order valence-corrected chi connectivity index (χ1v) is 10.0. The monoisotopic (exact) mass is 394 g/mol. The van der Waals surface area contributed by atoms with Crippen LogP contribution in [0.5, 0.6) is 0 Å². The molecule has 0 unspecified atom stereocenters. The Kier molecular flexibility index (Phi) is 5.33. The predicted octanol–water partition coefficient (Wildman–Crippen LogP) is 2.65. The van der Waals surface area contributed by atoms with Crippen molar-refractivity contribution < 1.29 is 9.59 Å². The van der Waals surface area contributed by atoms with Gasteiger partial charge in [-0.3, -0.25) is 4.79 Å². The van der Waals surface area contributed by atoms with E-state index < -0.39 is 0 Å². The predicted molar refractivity (Wildman–Crippen MR) is 111 cm³/mol. The number of fused-ring (bicyclic) bond motifs is 1.